The fourth-order valence-corrected chi connectivity index (χ4v) is 1.36. The summed E-state index contributed by atoms with van der Waals surface area (Å²) >= 11 is 0. The first kappa shape index (κ1) is 15.4. The van der Waals surface area contributed by atoms with Crippen molar-refractivity contribution in [1.82, 2.24) is 9.55 Å². The highest BCUT2D eigenvalue weighted by Gasteiger charge is 1.98. The maximum Gasteiger partial charge on any atom is 0.110 e. The fraction of sp³-hybridized carbons (Fsp3) is 0.400. The van der Waals surface area contributed by atoms with Gasteiger partial charge in [0.15, 0.2) is 0 Å². The average Bonchev–Trinajstić information content (AvgIpc) is 2.82. The lowest BCUT2D eigenvalue weighted by atomic mass is 10.2. The molecule has 0 spiro atoms. The molecule has 0 unspecified atom stereocenters. The third-order valence-corrected chi connectivity index (χ3v) is 2.14. The zero-order valence-electron chi connectivity index (χ0n) is 11.9. The van der Waals surface area contributed by atoms with Gasteiger partial charge in [0.25, 0.3) is 0 Å². The molecule has 94 valence electrons. The van der Waals surface area contributed by atoms with E-state index in [0.29, 0.717) is 0 Å². The Morgan fingerprint density at radius 1 is 0.882 bits per heavy atom. The maximum absolute atomic E-state index is 4.18. The van der Waals surface area contributed by atoms with Crippen molar-refractivity contribution < 1.29 is 0 Å². The van der Waals surface area contributed by atoms with E-state index in [4.69, 9.17) is 0 Å². The Hall–Kier alpha value is -1.57. The Labute approximate surface area is 105 Å². The lowest BCUT2D eigenvalue weighted by molar-refractivity contribution is 0.974. The molecule has 0 fully saturated rings. The summed E-state index contributed by atoms with van der Waals surface area (Å²) in [5, 5.41) is 0. The van der Waals surface area contributed by atoms with Crippen LogP contribution in [-0.2, 0) is 0 Å². The minimum absolute atomic E-state index is 1.02. The van der Waals surface area contributed by atoms with Crippen LogP contribution in [0.15, 0.2) is 36.7 Å². The molecule has 2 rings (SSSR count). The van der Waals surface area contributed by atoms with Gasteiger partial charge in [0.2, 0.25) is 0 Å². The van der Waals surface area contributed by atoms with Crippen molar-refractivity contribution in [3.05, 3.63) is 48.0 Å². The summed E-state index contributed by atoms with van der Waals surface area (Å²) in [4.78, 5) is 4.18. The van der Waals surface area contributed by atoms with E-state index < -0.39 is 0 Å². The molecular weight excluding hydrogens is 208 g/mol. The third kappa shape index (κ3) is 4.43. The van der Waals surface area contributed by atoms with Gasteiger partial charge in [-0.25, -0.2) is 4.98 Å². The number of aromatic nitrogens is 2. The van der Waals surface area contributed by atoms with Crippen molar-refractivity contribution >= 4 is 0 Å². The third-order valence-electron chi connectivity index (χ3n) is 2.14. The van der Waals surface area contributed by atoms with Crippen LogP contribution in [0.25, 0.3) is 5.69 Å². The summed E-state index contributed by atoms with van der Waals surface area (Å²) < 4.78 is 2.07. The van der Waals surface area contributed by atoms with Crippen molar-refractivity contribution in [3.8, 4) is 5.69 Å². The van der Waals surface area contributed by atoms with Crippen molar-refractivity contribution in [2.75, 3.05) is 0 Å². The smallest absolute Gasteiger partial charge is 0.110 e. The van der Waals surface area contributed by atoms with Gasteiger partial charge < -0.3 is 4.57 Å². The number of hydrogen-bond acceptors (Lipinski definition) is 1. The van der Waals surface area contributed by atoms with E-state index in [1.165, 1.54) is 11.3 Å². The summed E-state index contributed by atoms with van der Waals surface area (Å²) in [7, 11) is 0. The Balaban J connectivity index is 0.000000581. The number of nitrogens with zero attached hydrogens (tertiary/aromatic N) is 2. The van der Waals surface area contributed by atoms with Crippen LogP contribution < -0.4 is 0 Å². The van der Waals surface area contributed by atoms with Crippen molar-refractivity contribution in [2.45, 2.75) is 41.5 Å². The van der Waals surface area contributed by atoms with E-state index in [1.807, 2.05) is 47.0 Å². The zero-order chi connectivity index (χ0) is 13.3. The molecule has 1 heterocycles. The number of imidazole rings is 1. The minimum Gasteiger partial charge on any atom is -0.304 e. The quantitative estimate of drug-likeness (QED) is 0.705. The van der Waals surface area contributed by atoms with Gasteiger partial charge in [-0.3, -0.25) is 0 Å². The summed E-state index contributed by atoms with van der Waals surface area (Å²) in [6, 6.07) is 8.41. The average molecular weight is 232 g/mol. The van der Waals surface area contributed by atoms with Crippen molar-refractivity contribution in [2.24, 2.45) is 0 Å². The second-order valence-corrected chi connectivity index (χ2v) is 3.18. The van der Waals surface area contributed by atoms with Crippen LogP contribution in [-0.4, -0.2) is 9.55 Å². The predicted octanol–water partition coefficient (Wildman–Crippen LogP) is 4.54. The fourth-order valence-electron chi connectivity index (χ4n) is 1.36. The number of aryl methyl sites for hydroxylation is 2. The van der Waals surface area contributed by atoms with Crippen LogP contribution >= 0.6 is 0 Å². The van der Waals surface area contributed by atoms with E-state index in [9.17, 15) is 0 Å². The number of benzene rings is 1. The number of rotatable bonds is 1. The van der Waals surface area contributed by atoms with Gasteiger partial charge in [0, 0.05) is 18.1 Å². The molecule has 2 nitrogen and oxygen atoms in total. The highest BCUT2D eigenvalue weighted by Crippen LogP contribution is 2.10. The van der Waals surface area contributed by atoms with Crippen LogP contribution in [0.1, 0.15) is 39.1 Å². The van der Waals surface area contributed by atoms with Gasteiger partial charge in [-0.05, 0) is 26.0 Å². The molecule has 2 heteroatoms. The molecule has 1 aromatic carbocycles. The van der Waals surface area contributed by atoms with E-state index in [0.717, 1.165) is 5.82 Å². The Morgan fingerprint density at radius 3 is 1.82 bits per heavy atom. The van der Waals surface area contributed by atoms with Gasteiger partial charge in [-0.1, -0.05) is 45.4 Å². The second-order valence-electron chi connectivity index (χ2n) is 3.18. The molecule has 17 heavy (non-hydrogen) atoms. The van der Waals surface area contributed by atoms with Crippen LogP contribution in [0.3, 0.4) is 0 Å². The maximum atomic E-state index is 4.18. The van der Waals surface area contributed by atoms with Gasteiger partial charge >= 0.3 is 0 Å². The number of hydrogen-bond donors (Lipinski definition) is 0. The first-order chi connectivity index (χ1) is 8.27. The molecule has 0 saturated carbocycles. The highest BCUT2D eigenvalue weighted by molar-refractivity contribution is 5.35. The Bertz CT molecular complexity index is 399. The van der Waals surface area contributed by atoms with Crippen molar-refractivity contribution in [3.63, 3.8) is 0 Å². The minimum atomic E-state index is 1.02. The lowest BCUT2D eigenvalue weighted by Crippen LogP contribution is -1.94. The molecule has 1 aromatic heterocycles. The molecular formula is C15H24N2. The first-order valence-electron chi connectivity index (χ1n) is 6.34. The van der Waals surface area contributed by atoms with Gasteiger partial charge in [0.1, 0.15) is 5.82 Å². The van der Waals surface area contributed by atoms with Gasteiger partial charge in [-0.2, -0.15) is 0 Å². The molecule has 0 bridgehead atoms. The Kier molecular flexibility index (Phi) is 7.78. The van der Waals surface area contributed by atoms with Gasteiger partial charge in [-0.15, -0.1) is 0 Å². The molecule has 0 aliphatic rings. The van der Waals surface area contributed by atoms with E-state index in [-0.39, 0.29) is 0 Å². The normalized spacial score (nSPS) is 8.59. The SMILES string of the molecule is CC.CC.Cc1ccc(-n2ccnc2C)cc1. The summed E-state index contributed by atoms with van der Waals surface area (Å²) in [5.74, 6) is 1.02. The van der Waals surface area contributed by atoms with Crippen LogP contribution in [0.5, 0.6) is 0 Å². The first-order valence-corrected chi connectivity index (χ1v) is 6.34. The Morgan fingerprint density at radius 2 is 1.41 bits per heavy atom. The summed E-state index contributed by atoms with van der Waals surface area (Å²) in [5.41, 5.74) is 2.45. The molecule has 2 aromatic rings. The van der Waals surface area contributed by atoms with E-state index >= 15 is 0 Å². The topological polar surface area (TPSA) is 17.8 Å². The molecule has 0 aliphatic heterocycles. The predicted molar refractivity (Wildman–Crippen MR) is 75.7 cm³/mol. The van der Waals surface area contributed by atoms with Crippen molar-refractivity contribution in [1.29, 1.82) is 0 Å². The van der Waals surface area contributed by atoms with E-state index in [2.05, 4.69) is 40.7 Å². The molecule has 0 aliphatic carbocycles. The second kappa shape index (κ2) is 8.57. The molecule has 0 atom stereocenters. The lowest BCUT2D eigenvalue weighted by Gasteiger charge is -2.04. The highest BCUT2D eigenvalue weighted by atomic mass is 15.1. The monoisotopic (exact) mass is 232 g/mol. The standard InChI is InChI=1S/C11H12N2.2C2H6/c1-9-3-5-11(6-4-9)13-8-7-12-10(13)2;2*1-2/h3-8H,1-2H3;2*1-2H3. The van der Waals surface area contributed by atoms with Crippen LogP contribution in [0.2, 0.25) is 0 Å². The largest absolute Gasteiger partial charge is 0.304 e. The van der Waals surface area contributed by atoms with Crippen LogP contribution in [0.4, 0.5) is 0 Å². The zero-order valence-corrected chi connectivity index (χ0v) is 11.9. The van der Waals surface area contributed by atoms with Gasteiger partial charge in [0.05, 0.1) is 0 Å². The molecule has 0 radical (unpaired) electrons. The molecule has 0 amide bonds. The molecule has 0 N–H and O–H groups in total. The summed E-state index contributed by atoms with van der Waals surface area (Å²) in [6.45, 7) is 12.1. The molecule has 0 saturated heterocycles. The van der Waals surface area contributed by atoms with E-state index in [1.54, 1.807) is 0 Å². The summed E-state index contributed by atoms with van der Waals surface area (Å²) in [6.07, 6.45) is 3.79. The van der Waals surface area contributed by atoms with Crippen LogP contribution in [0, 0.1) is 13.8 Å².